The molecular weight excluding hydrogens is 210 g/mol. The molecule has 0 aromatic carbocycles. The third-order valence-corrected chi connectivity index (χ3v) is 4.57. The van der Waals surface area contributed by atoms with E-state index in [-0.39, 0.29) is 0 Å². The SMILES string of the molecule is CC(C)OC1CC(N2CCC(C(C)C)CC2)C1. The third-order valence-electron chi connectivity index (χ3n) is 4.57. The maximum absolute atomic E-state index is 5.84. The Kier molecular flexibility index (Phi) is 4.48. The summed E-state index contributed by atoms with van der Waals surface area (Å²) in [7, 11) is 0. The fourth-order valence-electron chi connectivity index (χ4n) is 3.28. The summed E-state index contributed by atoms with van der Waals surface area (Å²) in [5.74, 6) is 1.84. The van der Waals surface area contributed by atoms with Crippen molar-refractivity contribution in [2.24, 2.45) is 11.8 Å². The summed E-state index contributed by atoms with van der Waals surface area (Å²) in [4.78, 5) is 2.71. The van der Waals surface area contributed by atoms with Crippen LogP contribution in [0.3, 0.4) is 0 Å². The van der Waals surface area contributed by atoms with Crippen LogP contribution in [0, 0.1) is 11.8 Å². The van der Waals surface area contributed by atoms with Crippen molar-refractivity contribution in [1.82, 2.24) is 4.90 Å². The van der Waals surface area contributed by atoms with E-state index in [9.17, 15) is 0 Å². The standard InChI is InChI=1S/C15H29NO/c1-11(2)13-5-7-16(8-6-13)14-9-15(10-14)17-12(3)4/h11-15H,5-10H2,1-4H3. The predicted molar refractivity (Wildman–Crippen MR) is 72.2 cm³/mol. The lowest BCUT2D eigenvalue weighted by Crippen LogP contribution is -2.51. The van der Waals surface area contributed by atoms with Crippen LogP contribution in [0.1, 0.15) is 53.4 Å². The van der Waals surface area contributed by atoms with Gasteiger partial charge in [-0.1, -0.05) is 13.8 Å². The first-order valence-corrected chi connectivity index (χ1v) is 7.45. The van der Waals surface area contributed by atoms with Gasteiger partial charge >= 0.3 is 0 Å². The fraction of sp³-hybridized carbons (Fsp3) is 1.00. The average molecular weight is 239 g/mol. The maximum Gasteiger partial charge on any atom is 0.0608 e. The lowest BCUT2D eigenvalue weighted by Gasteiger charge is -2.46. The molecule has 1 saturated heterocycles. The topological polar surface area (TPSA) is 12.5 Å². The van der Waals surface area contributed by atoms with Crippen LogP contribution in [0.4, 0.5) is 0 Å². The van der Waals surface area contributed by atoms with Gasteiger partial charge in [-0.15, -0.1) is 0 Å². The van der Waals surface area contributed by atoms with E-state index in [2.05, 4.69) is 32.6 Å². The van der Waals surface area contributed by atoms with Crippen molar-refractivity contribution in [2.45, 2.75) is 71.6 Å². The van der Waals surface area contributed by atoms with Gasteiger partial charge in [0.15, 0.2) is 0 Å². The molecule has 2 rings (SSSR count). The summed E-state index contributed by atoms with van der Waals surface area (Å²) >= 11 is 0. The van der Waals surface area contributed by atoms with Gasteiger partial charge in [0.1, 0.15) is 0 Å². The number of likely N-dealkylation sites (tertiary alicyclic amines) is 1. The first-order valence-electron chi connectivity index (χ1n) is 7.45. The average Bonchev–Trinajstić information content (AvgIpc) is 2.23. The summed E-state index contributed by atoms with van der Waals surface area (Å²) < 4.78 is 5.84. The molecule has 0 radical (unpaired) electrons. The number of piperidine rings is 1. The van der Waals surface area contributed by atoms with Crippen LogP contribution >= 0.6 is 0 Å². The highest BCUT2D eigenvalue weighted by Crippen LogP contribution is 2.33. The number of ether oxygens (including phenoxy) is 1. The van der Waals surface area contributed by atoms with Crippen molar-refractivity contribution >= 4 is 0 Å². The number of hydrogen-bond donors (Lipinski definition) is 0. The third kappa shape index (κ3) is 3.45. The molecule has 0 amide bonds. The van der Waals surface area contributed by atoms with Gasteiger partial charge in [-0.2, -0.15) is 0 Å². The summed E-state index contributed by atoms with van der Waals surface area (Å²) in [6.45, 7) is 11.7. The molecule has 2 aliphatic rings. The molecule has 17 heavy (non-hydrogen) atoms. The lowest BCUT2D eigenvalue weighted by atomic mass is 9.82. The highest BCUT2D eigenvalue weighted by atomic mass is 16.5. The van der Waals surface area contributed by atoms with E-state index in [1.165, 1.54) is 38.8 Å². The molecule has 100 valence electrons. The molecule has 2 nitrogen and oxygen atoms in total. The Balaban J connectivity index is 1.66. The Hall–Kier alpha value is -0.0800. The second-order valence-electron chi connectivity index (χ2n) is 6.55. The van der Waals surface area contributed by atoms with Gasteiger partial charge in [-0.3, -0.25) is 0 Å². The molecule has 1 aliphatic heterocycles. The van der Waals surface area contributed by atoms with Gasteiger partial charge in [0.25, 0.3) is 0 Å². The van der Waals surface area contributed by atoms with Gasteiger partial charge in [-0.25, -0.2) is 0 Å². The molecule has 2 heteroatoms. The molecule has 0 aromatic heterocycles. The molecule has 1 aliphatic carbocycles. The van der Waals surface area contributed by atoms with E-state index in [1.54, 1.807) is 0 Å². The molecule has 2 fully saturated rings. The summed E-state index contributed by atoms with van der Waals surface area (Å²) in [5, 5.41) is 0. The Morgan fingerprint density at radius 3 is 2.06 bits per heavy atom. The number of nitrogens with zero attached hydrogens (tertiary/aromatic N) is 1. The van der Waals surface area contributed by atoms with Crippen molar-refractivity contribution in [3.05, 3.63) is 0 Å². The zero-order valence-electron chi connectivity index (χ0n) is 12.0. The molecule has 0 bridgehead atoms. The van der Waals surface area contributed by atoms with Crippen molar-refractivity contribution < 1.29 is 4.74 Å². The first kappa shape index (κ1) is 13.4. The van der Waals surface area contributed by atoms with Gasteiger partial charge in [0, 0.05) is 6.04 Å². The van der Waals surface area contributed by atoms with Crippen LogP contribution in [-0.4, -0.2) is 36.2 Å². The van der Waals surface area contributed by atoms with Gasteiger partial charge in [0.05, 0.1) is 12.2 Å². The highest BCUT2D eigenvalue weighted by molar-refractivity contribution is 4.90. The van der Waals surface area contributed by atoms with Crippen LogP contribution in [0.25, 0.3) is 0 Å². The largest absolute Gasteiger partial charge is 0.375 e. The minimum Gasteiger partial charge on any atom is -0.375 e. The van der Waals surface area contributed by atoms with E-state index in [1.807, 2.05) is 0 Å². The monoisotopic (exact) mass is 239 g/mol. The number of hydrogen-bond acceptors (Lipinski definition) is 2. The number of rotatable bonds is 4. The normalized spacial score (nSPS) is 32.1. The molecular formula is C15H29NO. The molecule has 0 aromatic rings. The van der Waals surface area contributed by atoms with E-state index in [4.69, 9.17) is 4.74 Å². The smallest absolute Gasteiger partial charge is 0.0608 e. The van der Waals surface area contributed by atoms with E-state index in [0.29, 0.717) is 12.2 Å². The van der Waals surface area contributed by atoms with Crippen molar-refractivity contribution in [2.75, 3.05) is 13.1 Å². The highest BCUT2D eigenvalue weighted by Gasteiger charge is 2.36. The van der Waals surface area contributed by atoms with Gasteiger partial charge in [-0.05, 0) is 64.5 Å². The fourth-order valence-corrected chi connectivity index (χ4v) is 3.28. The molecule has 0 atom stereocenters. The van der Waals surface area contributed by atoms with Crippen LogP contribution < -0.4 is 0 Å². The zero-order valence-corrected chi connectivity index (χ0v) is 12.0. The predicted octanol–water partition coefficient (Wildman–Crippen LogP) is 3.31. The van der Waals surface area contributed by atoms with Crippen LogP contribution in [0.15, 0.2) is 0 Å². The van der Waals surface area contributed by atoms with Crippen molar-refractivity contribution in [3.8, 4) is 0 Å². The first-order chi connectivity index (χ1) is 8.06. The van der Waals surface area contributed by atoms with E-state index >= 15 is 0 Å². The second kappa shape index (κ2) is 5.71. The molecule has 1 heterocycles. The van der Waals surface area contributed by atoms with Crippen LogP contribution in [0.5, 0.6) is 0 Å². The molecule has 0 unspecified atom stereocenters. The lowest BCUT2D eigenvalue weighted by molar-refractivity contribution is -0.0822. The summed E-state index contributed by atoms with van der Waals surface area (Å²) in [6, 6.07) is 0.826. The molecule has 0 spiro atoms. The van der Waals surface area contributed by atoms with Crippen LogP contribution in [0.2, 0.25) is 0 Å². The maximum atomic E-state index is 5.84. The minimum atomic E-state index is 0.396. The van der Waals surface area contributed by atoms with Crippen LogP contribution in [-0.2, 0) is 4.74 Å². The summed E-state index contributed by atoms with van der Waals surface area (Å²) in [5.41, 5.74) is 0. The van der Waals surface area contributed by atoms with Gasteiger partial charge in [0.2, 0.25) is 0 Å². The Bertz CT molecular complexity index is 225. The molecule has 1 saturated carbocycles. The van der Waals surface area contributed by atoms with Crippen molar-refractivity contribution in [3.63, 3.8) is 0 Å². The van der Waals surface area contributed by atoms with Gasteiger partial charge < -0.3 is 9.64 Å². The quantitative estimate of drug-likeness (QED) is 0.746. The van der Waals surface area contributed by atoms with E-state index in [0.717, 1.165) is 17.9 Å². The van der Waals surface area contributed by atoms with Crippen molar-refractivity contribution in [1.29, 1.82) is 0 Å². The minimum absolute atomic E-state index is 0.396. The Morgan fingerprint density at radius 2 is 1.59 bits per heavy atom. The summed E-state index contributed by atoms with van der Waals surface area (Å²) in [6.07, 6.45) is 6.29. The zero-order chi connectivity index (χ0) is 12.4. The van der Waals surface area contributed by atoms with E-state index < -0.39 is 0 Å². The Labute approximate surface area is 107 Å². The Morgan fingerprint density at radius 1 is 1.00 bits per heavy atom. The molecule has 0 N–H and O–H groups in total. The second-order valence-corrected chi connectivity index (χ2v) is 6.55.